The van der Waals surface area contributed by atoms with E-state index >= 15 is 0 Å². The van der Waals surface area contributed by atoms with Crippen LogP contribution >= 0.6 is 0 Å². The number of carbonyl (C=O) groups is 1. The van der Waals surface area contributed by atoms with Crippen LogP contribution in [0.15, 0.2) is 28.9 Å². The van der Waals surface area contributed by atoms with Crippen molar-refractivity contribution in [3.05, 3.63) is 41.3 Å². The number of nitrogens with zero attached hydrogens (tertiary/aromatic N) is 2. The van der Waals surface area contributed by atoms with Gasteiger partial charge in [-0.05, 0) is 18.1 Å². The molecule has 0 N–H and O–H groups in total. The van der Waals surface area contributed by atoms with E-state index in [1.807, 2.05) is 23.1 Å². The molecule has 6 heteroatoms. The number of aryl methyl sites for hydroxylation is 1. The first-order chi connectivity index (χ1) is 11.2. The number of hydrogen-bond acceptors (Lipinski definition) is 5. The lowest BCUT2D eigenvalue weighted by Gasteiger charge is -2.25. The molecule has 1 aliphatic heterocycles. The number of methoxy groups -OCH3 is 2. The van der Waals surface area contributed by atoms with Gasteiger partial charge in [0.25, 0.3) is 0 Å². The summed E-state index contributed by atoms with van der Waals surface area (Å²) in [5.74, 6) is 2.52. The van der Waals surface area contributed by atoms with Crippen LogP contribution in [0.4, 0.5) is 0 Å². The molecule has 0 spiro atoms. The van der Waals surface area contributed by atoms with Gasteiger partial charge in [-0.1, -0.05) is 11.2 Å². The normalized spacial score (nSPS) is 13.6. The van der Waals surface area contributed by atoms with E-state index in [1.54, 1.807) is 20.4 Å². The van der Waals surface area contributed by atoms with E-state index < -0.39 is 0 Å². The summed E-state index contributed by atoms with van der Waals surface area (Å²) in [5.41, 5.74) is 2.01. The summed E-state index contributed by atoms with van der Waals surface area (Å²) in [6.45, 7) is 1.26. The van der Waals surface area contributed by atoms with Gasteiger partial charge in [0.2, 0.25) is 5.91 Å². The molecule has 2 aromatic rings. The van der Waals surface area contributed by atoms with E-state index in [0.29, 0.717) is 25.9 Å². The minimum atomic E-state index is 0.134. The van der Waals surface area contributed by atoms with E-state index in [4.69, 9.17) is 14.0 Å². The number of amides is 1. The first-order valence-electron chi connectivity index (χ1n) is 7.62. The molecular formula is C17H20N2O4. The number of fused-ring (bicyclic) bond motifs is 1. The second-order valence-electron chi connectivity index (χ2n) is 5.52. The molecule has 3 rings (SSSR count). The minimum absolute atomic E-state index is 0.134. The van der Waals surface area contributed by atoms with Gasteiger partial charge < -0.3 is 18.9 Å². The molecule has 0 saturated heterocycles. The Morgan fingerprint density at radius 1 is 1.35 bits per heavy atom. The van der Waals surface area contributed by atoms with Gasteiger partial charge in [-0.15, -0.1) is 0 Å². The zero-order chi connectivity index (χ0) is 16.2. The van der Waals surface area contributed by atoms with Crippen molar-refractivity contribution < 1.29 is 18.8 Å². The van der Waals surface area contributed by atoms with Gasteiger partial charge in [0.05, 0.1) is 27.0 Å². The lowest BCUT2D eigenvalue weighted by atomic mass is 10.1. The van der Waals surface area contributed by atoms with Crippen LogP contribution in [-0.4, -0.2) is 36.7 Å². The summed E-state index contributed by atoms with van der Waals surface area (Å²) in [6.07, 6.45) is 3.51. The first kappa shape index (κ1) is 15.4. The van der Waals surface area contributed by atoms with Gasteiger partial charge in [0.15, 0.2) is 0 Å². The molecule has 0 bridgehead atoms. The van der Waals surface area contributed by atoms with Gasteiger partial charge in [0.1, 0.15) is 17.3 Å². The Balaban J connectivity index is 1.61. The maximum absolute atomic E-state index is 12.4. The smallest absolute Gasteiger partial charge is 0.223 e. The van der Waals surface area contributed by atoms with Crippen molar-refractivity contribution in [3.63, 3.8) is 0 Å². The summed E-state index contributed by atoms with van der Waals surface area (Å²) in [5, 5.41) is 3.79. The predicted octanol–water partition coefficient (Wildman–Crippen LogP) is 2.21. The van der Waals surface area contributed by atoms with Crippen LogP contribution in [0.1, 0.15) is 23.3 Å². The van der Waals surface area contributed by atoms with Gasteiger partial charge in [-0.2, -0.15) is 0 Å². The molecule has 0 fully saturated rings. The topological polar surface area (TPSA) is 64.8 Å². The highest BCUT2D eigenvalue weighted by Gasteiger charge is 2.23. The van der Waals surface area contributed by atoms with E-state index in [-0.39, 0.29) is 5.91 Å². The van der Waals surface area contributed by atoms with Crippen molar-refractivity contribution >= 4 is 5.91 Å². The van der Waals surface area contributed by atoms with Gasteiger partial charge >= 0.3 is 0 Å². The van der Waals surface area contributed by atoms with Crippen LogP contribution < -0.4 is 9.47 Å². The summed E-state index contributed by atoms with van der Waals surface area (Å²) in [7, 11) is 3.24. The SMILES string of the molecule is COc1ccc(CCC(=O)N2CCc3oncc3C2)c(OC)c1. The molecule has 23 heavy (non-hydrogen) atoms. The van der Waals surface area contributed by atoms with E-state index in [2.05, 4.69) is 5.16 Å². The lowest BCUT2D eigenvalue weighted by Crippen LogP contribution is -2.35. The summed E-state index contributed by atoms with van der Waals surface area (Å²) in [6, 6.07) is 5.66. The van der Waals surface area contributed by atoms with Gasteiger partial charge in [0, 0.05) is 31.0 Å². The zero-order valence-electron chi connectivity index (χ0n) is 13.4. The highest BCUT2D eigenvalue weighted by atomic mass is 16.5. The van der Waals surface area contributed by atoms with Gasteiger partial charge in [-0.3, -0.25) is 4.79 Å². The summed E-state index contributed by atoms with van der Waals surface area (Å²) in [4.78, 5) is 14.3. The molecule has 1 aliphatic rings. The van der Waals surface area contributed by atoms with Crippen molar-refractivity contribution in [2.24, 2.45) is 0 Å². The van der Waals surface area contributed by atoms with Crippen molar-refractivity contribution in [3.8, 4) is 11.5 Å². The van der Waals surface area contributed by atoms with Crippen LogP contribution in [-0.2, 0) is 24.2 Å². The highest BCUT2D eigenvalue weighted by Crippen LogP contribution is 2.26. The summed E-state index contributed by atoms with van der Waals surface area (Å²) >= 11 is 0. The number of hydrogen-bond donors (Lipinski definition) is 0. The number of rotatable bonds is 5. The Morgan fingerprint density at radius 2 is 2.22 bits per heavy atom. The molecule has 1 amide bonds. The maximum atomic E-state index is 12.4. The van der Waals surface area contributed by atoms with Crippen LogP contribution in [0.25, 0.3) is 0 Å². The van der Waals surface area contributed by atoms with E-state index in [9.17, 15) is 4.79 Å². The third kappa shape index (κ3) is 3.31. The molecule has 0 unspecified atom stereocenters. The molecule has 0 atom stereocenters. The Hall–Kier alpha value is -2.50. The van der Waals surface area contributed by atoms with Crippen molar-refractivity contribution in [1.82, 2.24) is 10.1 Å². The summed E-state index contributed by atoms with van der Waals surface area (Å²) < 4.78 is 15.7. The minimum Gasteiger partial charge on any atom is -0.497 e. The Bertz CT molecular complexity index is 696. The molecule has 0 saturated carbocycles. The Kier molecular flexibility index (Phi) is 4.50. The Morgan fingerprint density at radius 3 is 3.00 bits per heavy atom. The number of ether oxygens (including phenoxy) is 2. The average Bonchev–Trinajstić information content (AvgIpc) is 3.07. The van der Waals surface area contributed by atoms with Crippen LogP contribution in [0.2, 0.25) is 0 Å². The number of carbonyl (C=O) groups excluding carboxylic acids is 1. The fourth-order valence-electron chi connectivity index (χ4n) is 2.81. The molecule has 2 heterocycles. The fourth-order valence-corrected chi connectivity index (χ4v) is 2.81. The molecule has 6 nitrogen and oxygen atoms in total. The fraction of sp³-hybridized carbons (Fsp3) is 0.412. The van der Waals surface area contributed by atoms with Crippen molar-refractivity contribution in [1.29, 1.82) is 0 Å². The first-order valence-corrected chi connectivity index (χ1v) is 7.62. The maximum Gasteiger partial charge on any atom is 0.223 e. The third-order valence-electron chi connectivity index (χ3n) is 4.15. The van der Waals surface area contributed by atoms with Crippen LogP contribution in [0, 0.1) is 0 Å². The monoisotopic (exact) mass is 316 g/mol. The Labute approximate surface area is 135 Å². The molecule has 0 aliphatic carbocycles. The molecular weight excluding hydrogens is 296 g/mol. The number of aromatic nitrogens is 1. The van der Waals surface area contributed by atoms with Crippen LogP contribution in [0.3, 0.4) is 0 Å². The highest BCUT2D eigenvalue weighted by molar-refractivity contribution is 5.76. The standard InChI is InChI=1S/C17H20N2O4/c1-21-14-5-3-12(16(9-14)22-2)4-6-17(20)19-8-7-15-13(11-19)10-18-23-15/h3,5,9-10H,4,6-8,11H2,1-2H3. The van der Waals surface area contributed by atoms with E-state index in [1.165, 1.54) is 0 Å². The quantitative estimate of drug-likeness (QED) is 0.846. The molecule has 0 radical (unpaired) electrons. The van der Waals surface area contributed by atoms with Crippen LogP contribution in [0.5, 0.6) is 11.5 Å². The van der Waals surface area contributed by atoms with Crippen molar-refractivity contribution in [2.75, 3.05) is 20.8 Å². The van der Waals surface area contributed by atoms with E-state index in [0.717, 1.165) is 34.8 Å². The molecule has 1 aromatic heterocycles. The zero-order valence-corrected chi connectivity index (χ0v) is 13.4. The van der Waals surface area contributed by atoms with Crippen molar-refractivity contribution in [2.45, 2.75) is 25.8 Å². The van der Waals surface area contributed by atoms with Gasteiger partial charge in [-0.25, -0.2) is 0 Å². The largest absolute Gasteiger partial charge is 0.497 e. The predicted molar refractivity (Wildman–Crippen MR) is 83.5 cm³/mol. The second-order valence-corrected chi connectivity index (χ2v) is 5.52. The number of benzene rings is 1. The third-order valence-corrected chi connectivity index (χ3v) is 4.15. The molecule has 1 aromatic carbocycles. The lowest BCUT2D eigenvalue weighted by molar-refractivity contribution is -0.132. The molecule has 122 valence electrons. The second kappa shape index (κ2) is 6.73. The average molecular weight is 316 g/mol.